The number of rotatable bonds is 8. The minimum atomic E-state index is -1.23. The van der Waals surface area contributed by atoms with Crippen molar-refractivity contribution in [3.8, 4) is 5.75 Å². The molecule has 0 radical (unpaired) electrons. The van der Waals surface area contributed by atoms with Gasteiger partial charge in [-0.05, 0) is 23.3 Å². The van der Waals surface area contributed by atoms with Gasteiger partial charge in [-0.15, -0.1) is 0 Å². The van der Waals surface area contributed by atoms with Crippen molar-refractivity contribution < 1.29 is 24.8 Å². The molecule has 1 aliphatic rings. The topological polar surface area (TPSA) is 135 Å². The van der Waals surface area contributed by atoms with Crippen LogP contribution in [0.3, 0.4) is 0 Å². The first kappa shape index (κ1) is 23.2. The first-order valence-electron chi connectivity index (χ1n) is 11.3. The van der Waals surface area contributed by atoms with E-state index in [9.17, 15) is 15.3 Å². The van der Waals surface area contributed by atoms with E-state index in [1.807, 2.05) is 42.5 Å². The number of nitrogens with one attached hydrogen (secondary N) is 1. The Morgan fingerprint density at radius 3 is 2.43 bits per heavy atom. The standard InChI is InChI=1S/C25H27N5O5/c1-34-17-9-7-16(8-10-17)18(15-5-3-2-4-6-15)11-26-23-20-24(28-13-27-23)30(14-29-20)25-22(33)21(32)19(12-31)35-25/h2-10,13-14,18-19,21-22,25,31-33H,11-12H2,1H3,(H,26,27,28)/t18?,19-,21?,22?,25-/m1/s1. The Bertz CT molecular complexity index is 1270. The third-order valence-corrected chi connectivity index (χ3v) is 6.34. The number of fused-ring (bicyclic) bond motifs is 1. The van der Waals surface area contributed by atoms with E-state index < -0.39 is 31.1 Å². The van der Waals surface area contributed by atoms with Gasteiger partial charge in [0.15, 0.2) is 23.2 Å². The number of nitrogens with zero attached hydrogens (tertiary/aromatic N) is 4. The van der Waals surface area contributed by atoms with Crippen LogP contribution < -0.4 is 10.1 Å². The van der Waals surface area contributed by atoms with Crippen LogP contribution >= 0.6 is 0 Å². The van der Waals surface area contributed by atoms with E-state index in [-0.39, 0.29) is 5.92 Å². The highest BCUT2D eigenvalue weighted by Gasteiger charge is 2.44. The zero-order valence-corrected chi connectivity index (χ0v) is 19.1. The molecule has 5 atom stereocenters. The fourth-order valence-electron chi connectivity index (χ4n) is 4.43. The smallest absolute Gasteiger partial charge is 0.167 e. The van der Waals surface area contributed by atoms with Crippen molar-refractivity contribution in [1.29, 1.82) is 0 Å². The highest BCUT2D eigenvalue weighted by atomic mass is 16.6. The summed E-state index contributed by atoms with van der Waals surface area (Å²) in [7, 11) is 1.64. The summed E-state index contributed by atoms with van der Waals surface area (Å²) < 4.78 is 12.5. The molecule has 182 valence electrons. The van der Waals surface area contributed by atoms with Crippen molar-refractivity contribution in [1.82, 2.24) is 19.5 Å². The van der Waals surface area contributed by atoms with Gasteiger partial charge in [-0.3, -0.25) is 4.57 Å². The number of aliphatic hydroxyl groups is 3. The fraction of sp³-hybridized carbons (Fsp3) is 0.320. The zero-order chi connectivity index (χ0) is 24.4. The molecule has 1 aliphatic heterocycles. The number of ether oxygens (including phenoxy) is 2. The molecule has 10 nitrogen and oxygen atoms in total. The zero-order valence-electron chi connectivity index (χ0n) is 19.1. The molecule has 1 fully saturated rings. The number of aliphatic hydroxyl groups excluding tert-OH is 3. The van der Waals surface area contributed by atoms with Crippen molar-refractivity contribution in [2.24, 2.45) is 0 Å². The quantitative estimate of drug-likeness (QED) is 0.299. The van der Waals surface area contributed by atoms with Gasteiger partial charge in [0.05, 0.1) is 20.0 Å². The Labute approximate surface area is 201 Å². The van der Waals surface area contributed by atoms with Gasteiger partial charge < -0.3 is 30.1 Å². The number of hydrogen-bond acceptors (Lipinski definition) is 9. The lowest BCUT2D eigenvalue weighted by molar-refractivity contribution is -0.0511. The molecule has 4 aromatic rings. The number of imidazole rings is 1. The van der Waals surface area contributed by atoms with Gasteiger partial charge in [0.2, 0.25) is 0 Å². The average Bonchev–Trinajstić information content (AvgIpc) is 3.46. The number of benzene rings is 2. The Morgan fingerprint density at radius 1 is 1.00 bits per heavy atom. The van der Waals surface area contributed by atoms with Crippen LogP contribution in [0, 0.1) is 0 Å². The summed E-state index contributed by atoms with van der Waals surface area (Å²) in [6.07, 6.45) is -1.35. The first-order valence-corrected chi connectivity index (χ1v) is 11.3. The van der Waals surface area contributed by atoms with Crippen molar-refractivity contribution in [3.05, 3.63) is 78.4 Å². The molecule has 4 N–H and O–H groups in total. The minimum Gasteiger partial charge on any atom is -0.497 e. The lowest BCUT2D eigenvalue weighted by Crippen LogP contribution is -2.33. The van der Waals surface area contributed by atoms with Crippen LogP contribution in [0.5, 0.6) is 5.75 Å². The van der Waals surface area contributed by atoms with Gasteiger partial charge in [0.1, 0.15) is 30.4 Å². The van der Waals surface area contributed by atoms with Crippen LogP contribution in [0.15, 0.2) is 67.3 Å². The molecule has 3 heterocycles. The predicted molar refractivity (Wildman–Crippen MR) is 128 cm³/mol. The monoisotopic (exact) mass is 477 g/mol. The fourth-order valence-corrected chi connectivity index (χ4v) is 4.43. The number of aromatic nitrogens is 4. The highest BCUT2D eigenvalue weighted by Crippen LogP contribution is 2.33. The summed E-state index contributed by atoms with van der Waals surface area (Å²) in [5.41, 5.74) is 3.21. The second-order valence-corrected chi connectivity index (χ2v) is 8.39. The third kappa shape index (κ3) is 4.44. The van der Waals surface area contributed by atoms with Crippen molar-refractivity contribution >= 4 is 17.0 Å². The number of methoxy groups -OCH3 is 1. The molecule has 10 heteroatoms. The average molecular weight is 478 g/mol. The molecule has 5 rings (SSSR count). The van der Waals surface area contributed by atoms with Gasteiger partial charge in [-0.25, -0.2) is 15.0 Å². The maximum atomic E-state index is 10.4. The molecule has 3 unspecified atom stereocenters. The molecule has 0 saturated carbocycles. The summed E-state index contributed by atoms with van der Waals surface area (Å²) >= 11 is 0. The van der Waals surface area contributed by atoms with Gasteiger partial charge in [0, 0.05) is 12.5 Å². The van der Waals surface area contributed by atoms with Gasteiger partial charge >= 0.3 is 0 Å². The van der Waals surface area contributed by atoms with Gasteiger partial charge in [0.25, 0.3) is 0 Å². The highest BCUT2D eigenvalue weighted by molar-refractivity contribution is 5.82. The van der Waals surface area contributed by atoms with Crippen molar-refractivity contribution in [3.63, 3.8) is 0 Å². The molecule has 0 amide bonds. The minimum absolute atomic E-state index is 0.0367. The van der Waals surface area contributed by atoms with E-state index in [0.29, 0.717) is 23.5 Å². The molecule has 2 aromatic heterocycles. The van der Waals surface area contributed by atoms with E-state index in [4.69, 9.17) is 9.47 Å². The summed E-state index contributed by atoms with van der Waals surface area (Å²) in [6.45, 7) is 0.137. The molecular weight excluding hydrogens is 450 g/mol. The normalized spacial score (nSPS) is 22.9. The van der Waals surface area contributed by atoms with Gasteiger partial charge in [-0.2, -0.15) is 0 Å². The summed E-state index contributed by atoms with van der Waals surface area (Å²) in [4.78, 5) is 13.2. The SMILES string of the molecule is COc1ccc(C(CNc2ncnc3c2ncn3[C@@H]2O[C@H](CO)C(O)C2O)c2ccccc2)cc1. The van der Waals surface area contributed by atoms with Crippen LogP contribution in [-0.4, -0.2) is 73.4 Å². The molecule has 35 heavy (non-hydrogen) atoms. The lowest BCUT2D eigenvalue weighted by atomic mass is 9.91. The maximum Gasteiger partial charge on any atom is 0.167 e. The lowest BCUT2D eigenvalue weighted by Gasteiger charge is -2.20. The Hall–Kier alpha value is -3.57. The largest absolute Gasteiger partial charge is 0.497 e. The second-order valence-electron chi connectivity index (χ2n) is 8.39. The van der Waals surface area contributed by atoms with E-state index in [2.05, 4.69) is 32.4 Å². The van der Waals surface area contributed by atoms with E-state index in [0.717, 1.165) is 16.9 Å². The molecule has 2 aromatic carbocycles. The summed E-state index contributed by atoms with van der Waals surface area (Å²) in [5, 5.41) is 33.4. The molecule has 0 aliphatic carbocycles. The molecule has 1 saturated heterocycles. The van der Waals surface area contributed by atoms with Crippen LogP contribution in [0.1, 0.15) is 23.3 Å². The molecule has 0 spiro atoms. The first-order chi connectivity index (χ1) is 17.1. The van der Waals surface area contributed by atoms with Crippen molar-refractivity contribution in [2.45, 2.75) is 30.5 Å². The number of hydrogen-bond donors (Lipinski definition) is 4. The molecular formula is C25H27N5O5. The van der Waals surface area contributed by atoms with Crippen LogP contribution in [0.2, 0.25) is 0 Å². The van der Waals surface area contributed by atoms with Crippen molar-refractivity contribution in [2.75, 3.05) is 25.6 Å². The van der Waals surface area contributed by atoms with Crippen LogP contribution in [0.4, 0.5) is 5.82 Å². The van der Waals surface area contributed by atoms with E-state index in [1.165, 1.54) is 12.7 Å². The van der Waals surface area contributed by atoms with Gasteiger partial charge in [-0.1, -0.05) is 42.5 Å². The second kappa shape index (κ2) is 9.96. The Morgan fingerprint density at radius 2 is 1.74 bits per heavy atom. The van der Waals surface area contributed by atoms with E-state index in [1.54, 1.807) is 11.7 Å². The van der Waals surface area contributed by atoms with E-state index >= 15 is 0 Å². The van der Waals surface area contributed by atoms with Crippen LogP contribution in [0.25, 0.3) is 11.2 Å². The molecule has 0 bridgehead atoms. The summed E-state index contributed by atoms with van der Waals surface area (Å²) in [6, 6.07) is 18.2. The Kier molecular flexibility index (Phi) is 6.60. The summed E-state index contributed by atoms with van der Waals surface area (Å²) in [5.74, 6) is 1.37. The third-order valence-electron chi connectivity index (χ3n) is 6.34. The maximum absolute atomic E-state index is 10.4. The van der Waals surface area contributed by atoms with Crippen LogP contribution in [-0.2, 0) is 4.74 Å². The predicted octanol–water partition coefficient (Wildman–Crippen LogP) is 1.69. The number of anilines is 1. The Balaban J connectivity index is 1.42.